The van der Waals surface area contributed by atoms with Crippen molar-refractivity contribution in [2.24, 2.45) is 4.40 Å². The molecule has 6 nitrogen and oxygen atoms in total. The van der Waals surface area contributed by atoms with Gasteiger partial charge in [0.2, 0.25) is 0 Å². The highest BCUT2D eigenvalue weighted by atomic mass is 32.2. The average molecular weight is 282 g/mol. The Morgan fingerprint density at radius 1 is 1.32 bits per heavy atom. The van der Waals surface area contributed by atoms with E-state index >= 15 is 0 Å². The van der Waals surface area contributed by atoms with E-state index in [0.717, 1.165) is 37.0 Å². The minimum atomic E-state index is -3.87. The number of rotatable bonds is 3. The van der Waals surface area contributed by atoms with Crippen LogP contribution in [-0.2, 0) is 19.9 Å². The van der Waals surface area contributed by atoms with Gasteiger partial charge in [-0.2, -0.15) is 8.42 Å². The highest BCUT2D eigenvalue weighted by Gasteiger charge is 2.55. The van der Waals surface area contributed by atoms with Gasteiger partial charge in [-0.3, -0.25) is 4.18 Å². The van der Waals surface area contributed by atoms with Gasteiger partial charge in [0.05, 0.1) is 19.6 Å². The van der Waals surface area contributed by atoms with Crippen LogP contribution >= 0.6 is 0 Å². The lowest BCUT2D eigenvalue weighted by Gasteiger charge is -2.08. The van der Waals surface area contributed by atoms with Crippen LogP contribution in [0, 0.1) is 0 Å². The van der Waals surface area contributed by atoms with E-state index in [1.807, 2.05) is 18.2 Å². The summed E-state index contributed by atoms with van der Waals surface area (Å²) in [4.78, 5) is 0. The maximum absolute atomic E-state index is 11.5. The molecule has 1 aliphatic carbocycles. The van der Waals surface area contributed by atoms with E-state index in [1.165, 1.54) is 0 Å². The van der Waals surface area contributed by atoms with E-state index < -0.39 is 10.3 Å². The van der Waals surface area contributed by atoms with Gasteiger partial charge >= 0.3 is 10.3 Å². The van der Waals surface area contributed by atoms with E-state index in [9.17, 15) is 8.42 Å². The van der Waals surface area contributed by atoms with Crippen LogP contribution in [0.5, 0.6) is 5.75 Å². The van der Waals surface area contributed by atoms with Gasteiger partial charge in [-0.25, -0.2) is 0 Å². The molecule has 1 heterocycles. The maximum Gasteiger partial charge on any atom is 0.382 e. The summed E-state index contributed by atoms with van der Waals surface area (Å²) in [5.74, 6) is 1.19. The lowest BCUT2D eigenvalue weighted by molar-refractivity contribution is 0.399. The number of fused-ring (bicyclic) bond motifs is 2. The van der Waals surface area contributed by atoms with Crippen LogP contribution < -0.4 is 10.1 Å². The van der Waals surface area contributed by atoms with E-state index in [2.05, 4.69) is 13.9 Å². The Balaban J connectivity index is 2.07. The molecule has 1 spiro atoms. The van der Waals surface area contributed by atoms with Gasteiger partial charge in [-0.15, -0.1) is 4.40 Å². The Labute approximate surface area is 111 Å². The maximum atomic E-state index is 11.5. The van der Waals surface area contributed by atoms with Crippen molar-refractivity contribution in [1.29, 1.82) is 0 Å². The van der Waals surface area contributed by atoms with Crippen LogP contribution in [0.25, 0.3) is 0 Å². The zero-order valence-corrected chi connectivity index (χ0v) is 11.5. The molecule has 0 aromatic heterocycles. The summed E-state index contributed by atoms with van der Waals surface area (Å²) < 4.78 is 36.3. The third-order valence-electron chi connectivity index (χ3n) is 3.61. The summed E-state index contributed by atoms with van der Waals surface area (Å²) in [5.41, 5.74) is 1.61. The van der Waals surface area contributed by atoms with Crippen molar-refractivity contribution in [3.63, 3.8) is 0 Å². The number of benzene rings is 1. The lowest BCUT2D eigenvalue weighted by atomic mass is 9.97. The van der Waals surface area contributed by atoms with Gasteiger partial charge in [0.1, 0.15) is 11.6 Å². The zero-order chi connectivity index (χ0) is 13.7. The average Bonchev–Trinajstić information content (AvgIpc) is 3.14. The van der Waals surface area contributed by atoms with Gasteiger partial charge in [0, 0.05) is 5.69 Å². The van der Waals surface area contributed by atoms with Crippen molar-refractivity contribution in [2.45, 2.75) is 18.3 Å². The van der Waals surface area contributed by atoms with Gasteiger partial charge in [0.15, 0.2) is 0 Å². The molecule has 1 N–H and O–H groups in total. The van der Waals surface area contributed by atoms with E-state index in [-0.39, 0.29) is 5.41 Å². The first-order valence-electron chi connectivity index (χ1n) is 5.87. The quantitative estimate of drug-likeness (QED) is 0.907. The molecule has 19 heavy (non-hydrogen) atoms. The summed E-state index contributed by atoms with van der Waals surface area (Å²) in [6.45, 7) is 0. The van der Waals surface area contributed by atoms with Crippen LogP contribution in [0.1, 0.15) is 18.4 Å². The Kier molecular flexibility index (Phi) is 2.58. The molecule has 1 fully saturated rings. The molecule has 7 heteroatoms. The molecule has 1 aromatic rings. The Morgan fingerprint density at radius 2 is 2.05 bits per heavy atom. The fourth-order valence-corrected chi connectivity index (χ4v) is 2.94. The van der Waals surface area contributed by atoms with Gasteiger partial charge in [-0.05, 0) is 36.6 Å². The number of amidine groups is 1. The predicted octanol–water partition coefficient (Wildman–Crippen LogP) is 1.44. The molecule has 1 aliphatic heterocycles. The number of ether oxygens (including phenoxy) is 1. The summed E-state index contributed by atoms with van der Waals surface area (Å²) in [5, 5.41) is 3.06. The number of nitrogens with one attached hydrogen (secondary N) is 1. The first-order chi connectivity index (χ1) is 9.01. The molecule has 102 valence electrons. The Morgan fingerprint density at radius 3 is 2.63 bits per heavy atom. The second-order valence-electron chi connectivity index (χ2n) is 4.65. The number of anilines is 1. The topological polar surface area (TPSA) is 77.0 Å². The summed E-state index contributed by atoms with van der Waals surface area (Å²) >= 11 is 0. The molecule has 1 saturated carbocycles. The van der Waals surface area contributed by atoms with Gasteiger partial charge < -0.3 is 10.1 Å². The second kappa shape index (κ2) is 3.94. The number of hydrogen-bond acceptors (Lipinski definition) is 4. The monoisotopic (exact) mass is 282 g/mol. The van der Waals surface area contributed by atoms with E-state index in [0.29, 0.717) is 5.84 Å². The summed E-state index contributed by atoms with van der Waals surface area (Å²) in [7, 11) is -1.17. The minimum absolute atomic E-state index is 0.310. The van der Waals surface area contributed by atoms with Crippen LogP contribution in [0.3, 0.4) is 0 Å². The van der Waals surface area contributed by atoms with Crippen LogP contribution in [0.2, 0.25) is 0 Å². The van der Waals surface area contributed by atoms with Crippen molar-refractivity contribution >= 4 is 21.8 Å². The molecular weight excluding hydrogens is 268 g/mol. The largest absolute Gasteiger partial charge is 0.497 e. The smallest absolute Gasteiger partial charge is 0.382 e. The minimum Gasteiger partial charge on any atom is -0.497 e. The van der Waals surface area contributed by atoms with Crippen molar-refractivity contribution < 1.29 is 17.3 Å². The van der Waals surface area contributed by atoms with Crippen molar-refractivity contribution in [2.75, 3.05) is 19.5 Å². The molecule has 0 amide bonds. The molecule has 0 unspecified atom stereocenters. The molecule has 1 aromatic carbocycles. The molecule has 0 bridgehead atoms. The van der Waals surface area contributed by atoms with Crippen molar-refractivity contribution in [1.82, 2.24) is 0 Å². The van der Waals surface area contributed by atoms with E-state index in [4.69, 9.17) is 4.74 Å². The van der Waals surface area contributed by atoms with Crippen molar-refractivity contribution in [3.05, 3.63) is 23.8 Å². The Hall–Kier alpha value is -1.60. The van der Waals surface area contributed by atoms with Gasteiger partial charge in [0.25, 0.3) is 0 Å². The number of hydrogen-bond donors (Lipinski definition) is 1. The normalized spacial score (nSPS) is 21.3. The summed E-state index contributed by atoms with van der Waals surface area (Å²) in [6, 6.07) is 5.63. The highest BCUT2D eigenvalue weighted by molar-refractivity contribution is 7.85. The standard InChI is InChI=1S/C12H14N2O4S/c1-17-8-3-4-10-9(7-8)12(5-6-12)11(13-10)14-19(15,16)18-2/h3-4,7H,5-6H2,1-2H3,(H,13,14). The van der Waals surface area contributed by atoms with Crippen molar-refractivity contribution in [3.8, 4) is 5.75 Å². The third-order valence-corrected chi connectivity index (χ3v) is 4.44. The predicted molar refractivity (Wildman–Crippen MR) is 70.9 cm³/mol. The SMILES string of the molecule is COc1ccc2c(c1)C1(CC1)C(=NS(=O)(=O)OC)N2. The molecule has 2 aliphatic rings. The van der Waals surface area contributed by atoms with Crippen LogP contribution in [0.15, 0.2) is 22.6 Å². The first kappa shape index (κ1) is 12.4. The Bertz CT molecular complexity index is 662. The number of methoxy groups -OCH3 is 1. The zero-order valence-electron chi connectivity index (χ0n) is 10.6. The fraction of sp³-hybridized carbons (Fsp3) is 0.417. The van der Waals surface area contributed by atoms with Gasteiger partial charge in [-0.1, -0.05) is 0 Å². The lowest BCUT2D eigenvalue weighted by Crippen LogP contribution is -2.21. The number of nitrogens with zero attached hydrogens (tertiary/aromatic N) is 1. The fourth-order valence-electron chi connectivity index (χ4n) is 2.42. The summed E-state index contributed by atoms with van der Waals surface area (Å²) in [6.07, 6.45) is 1.75. The second-order valence-corrected chi connectivity index (χ2v) is 6.02. The highest BCUT2D eigenvalue weighted by Crippen LogP contribution is 2.56. The molecule has 3 rings (SSSR count). The molecular formula is C12H14N2O4S. The molecule has 0 radical (unpaired) electrons. The van der Waals surface area contributed by atoms with E-state index in [1.54, 1.807) is 7.11 Å². The third kappa shape index (κ3) is 1.89. The van der Waals surface area contributed by atoms with Crippen LogP contribution in [-0.4, -0.2) is 28.5 Å². The molecule has 0 saturated heterocycles. The van der Waals surface area contributed by atoms with Crippen LogP contribution in [0.4, 0.5) is 5.69 Å². The first-order valence-corrected chi connectivity index (χ1v) is 7.24. The molecule has 0 atom stereocenters.